The molecule has 1 aliphatic carbocycles. The molecule has 3 N–H and O–H groups in total. The lowest BCUT2D eigenvalue weighted by Gasteiger charge is -2.42. The molecule has 2 rings (SSSR count). The molecule has 0 radical (unpaired) electrons. The van der Waals surface area contributed by atoms with Crippen molar-refractivity contribution in [2.24, 2.45) is 17.1 Å². The van der Waals surface area contributed by atoms with Crippen molar-refractivity contribution in [2.75, 3.05) is 6.54 Å². The minimum Gasteiger partial charge on any atom is -0.386 e. The van der Waals surface area contributed by atoms with Crippen molar-refractivity contribution in [3.05, 3.63) is 16.1 Å². The highest BCUT2D eigenvalue weighted by molar-refractivity contribution is 7.09. The van der Waals surface area contributed by atoms with Crippen molar-refractivity contribution in [3.63, 3.8) is 0 Å². The van der Waals surface area contributed by atoms with Gasteiger partial charge >= 0.3 is 0 Å². The van der Waals surface area contributed by atoms with E-state index in [0.29, 0.717) is 12.5 Å². The maximum atomic E-state index is 10.9. The third-order valence-electron chi connectivity index (χ3n) is 4.56. The summed E-state index contributed by atoms with van der Waals surface area (Å²) >= 11 is 1.65. The number of nitrogens with zero attached hydrogens (tertiary/aromatic N) is 1. The number of rotatable bonds is 3. The standard InChI is InChI=1S/C16H28N2OS/c1-11-6-5-7-16(8-11,10-17)13(19)12-9-20-14(18-12)15(2,3)4/h9,11,13,19H,5-8,10,17H2,1-4H3. The molecule has 1 aromatic rings. The molecule has 0 amide bonds. The monoisotopic (exact) mass is 296 g/mol. The van der Waals surface area contributed by atoms with Gasteiger partial charge in [0.05, 0.1) is 10.7 Å². The Labute approximate surface area is 126 Å². The van der Waals surface area contributed by atoms with Crippen LogP contribution < -0.4 is 5.73 Å². The molecule has 0 saturated heterocycles. The molecule has 1 aliphatic rings. The van der Waals surface area contributed by atoms with E-state index in [0.717, 1.165) is 30.0 Å². The van der Waals surface area contributed by atoms with Crippen LogP contribution in [0.1, 0.15) is 70.2 Å². The number of nitrogens with two attached hydrogens (primary N) is 1. The molecule has 0 spiro atoms. The average Bonchev–Trinajstić information content (AvgIpc) is 2.87. The van der Waals surface area contributed by atoms with E-state index in [1.54, 1.807) is 11.3 Å². The van der Waals surface area contributed by atoms with E-state index in [4.69, 9.17) is 5.73 Å². The van der Waals surface area contributed by atoms with Gasteiger partial charge in [-0.15, -0.1) is 11.3 Å². The average molecular weight is 296 g/mol. The first-order chi connectivity index (χ1) is 9.28. The quantitative estimate of drug-likeness (QED) is 0.895. The minimum atomic E-state index is -0.525. The molecular weight excluding hydrogens is 268 g/mol. The number of hydrogen-bond donors (Lipinski definition) is 2. The zero-order valence-electron chi connectivity index (χ0n) is 13.1. The SMILES string of the molecule is CC1CCCC(CN)(C(O)c2csc(C(C)(C)C)n2)C1. The number of aromatic nitrogens is 1. The lowest BCUT2D eigenvalue weighted by Crippen LogP contribution is -2.40. The highest BCUT2D eigenvalue weighted by Gasteiger charge is 2.42. The van der Waals surface area contributed by atoms with Crippen LogP contribution >= 0.6 is 11.3 Å². The Morgan fingerprint density at radius 1 is 1.55 bits per heavy atom. The predicted molar refractivity (Wildman–Crippen MR) is 84.9 cm³/mol. The maximum Gasteiger partial charge on any atom is 0.104 e. The Bertz CT molecular complexity index is 452. The lowest BCUT2D eigenvalue weighted by molar-refractivity contribution is -0.0154. The molecule has 0 aliphatic heterocycles. The first-order valence-corrected chi connectivity index (χ1v) is 8.50. The smallest absolute Gasteiger partial charge is 0.104 e. The normalized spacial score (nSPS) is 29.4. The molecule has 1 heterocycles. The molecular formula is C16H28N2OS. The van der Waals surface area contributed by atoms with Crippen LogP contribution in [0.5, 0.6) is 0 Å². The largest absolute Gasteiger partial charge is 0.386 e. The third kappa shape index (κ3) is 3.07. The van der Waals surface area contributed by atoms with Crippen molar-refractivity contribution >= 4 is 11.3 Å². The molecule has 0 bridgehead atoms. The molecule has 20 heavy (non-hydrogen) atoms. The van der Waals surface area contributed by atoms with Gasteiger partial charge in [-0.2, -0.15) is 0 Å². The van der Waals surface area contributed by atoms with Crippen LogP contribution in [0, 0.1) is 11.3 Å². The number of thiazole rings is 1. The van der Waals surface area contributed by atoms with Gasteiger partial charge in [0.25, 0.3) is 0 Å². The number of hydrogen-bond acceptors (Lipinski definition) is 4. The van der Waals surface area contributed by atoms with Crippen LogP contribution in [0.2, 0.25) is 0 Å². The maximum absolute atomic E-state index is 10.9. The van der Waals surface area contributed by atoms with Crippen molar-refractivity contribution < 1.29 is 5.11 Å². The van der Waals surface area contributed by atoms with Crippen molar-refractivity contribution in [3.8, 4) is 0 Å². The molecule has 3 unspecified atom stereocenters. The van der Waals surface area contributed by atoms with Crippen LogP contribution in [0.3, 0.4) is 0 Å². The highest BCUT2D eigenvalue weighted by Crippen LogP contribution is 2.47. The zero-order valence-corrected chi connectivity index (χ0v) is 14.0. The van der Waals surface area contributed by atoms with E-state index < -0.39 is 6.10 Å². The lowest BCUT2D eigenvalue weighted by atomic mass is 9.66. The van der Waals surface area contributed by atoms with Gasteiger partial charge in [-0.1, -0.05) is 40.5 Å². The van der Waals surface area contributed by atoms with Gasteiger partial charge < -0.3 is 10.8 Å². The van der Waals surface area contributed by atoms with E-state index >= 15 is 0 Å². The van der Waals surface area contributed by atoms with Gasteiger partial charge in [0, 0.05) is 22.8 Å². The van der Waals surface area contributed by atoms with Gasteiger partial charge in [0.2, 0.25) is 0 Å². The molecule has 0 aromatic carbocycles. The van der Waals surface area contributed by atoms with E-state index in [1.165, 1.54) is 6.42 Å². The second-order valence-electron chi connectivity index (χ2n) is 7.50. The summed E-state index contributed by atoms with van der Waals surface area (Å²) in [6.45, 7) is 9.27. The first-order valence-electron chi connectivity index (χ1n) is 7.62. The summed E-state index contributed by atoms with van der Waals surface area (Å²) in [5.41, 5.74) is 6.73. The second-order valence-corrected chi connectivity index (χ2v) is 8.36. The van der Waals surface area contributed by atoms with Gasteiger partial charge in [-0.05, 0) is 18.8 Å². The Balaban J connectivity index is 2.24. The van der Waals surface area contributed by atoms with E-state index in [9.17, 15) is 5.11 Å². The highest BCUT2D eigenvalue weighted by atomic mass is 32.1. The van der Waals surface area contributed by atoms with Crippen LogP contribution in [0.4, 0.5) is 0 Å². The van der Waals surface area contributed by atoms with Gasteiger partial charge in [0.15, 0.2) is 0 Å². The summed E-state index contributed by atoms with van der Waals surface area (Å²) in [5, 5.41) is 14.0. The van der Waals surface area contributed by atoms with Crippen LogP contribution in [0.15, 0.2) is 5.38 Å². The Hall–Kier alpha value is -0.450. The first kappa shape index (κ1) is 15.9. The molecule has 3 nitrogen and oxygen atoms in total. The van der Waals surface area contributed by atoms with Crippen LogP contribution in [-0.4, -0.2) is 16.6 Å². The van der Waals surface area contributed by atoms with Gasteiger partial charge in [-0.3, -0.25) is 0 Å². The fraction of sp³-hybridized carbons (Fsp3) is 0.812. The summed E-state index contributed by atoms with van der Waals surface area (Å²) in [4.78, 5) is 4.69. The van der Waals surface area contributed by atoms with E-state index in [2.05, 4.69) is 32.7 Å². The Morgan fingerprint density at radius 3 is 2.75 bits per heavy atom. The third-order valence-corrected chi connectivity index (χ3v) is 5.84. The topological polar surface area (TPSA) is 59.1 Å². The number of aliphatic hydroxyl groups excluding tert-OH is 1. The molecule has 114 valence electrons. The Kier molecular flexibility index (Phi) is 4.57. The summed E-state index contributed by atoms with van der Waals surface area (Å²) in [5.74, 6) is 0.641. The fourth-order valence-corrected chi connectivity index (χ4v) is 4.24. The molecule has 1 saturated carbocycles. The van der Waals surface area contributed by atoms with Gasteiger partial charge in [-0.25, -0.2) is 4.98 Å². The summed E-state index contributed by atoms with van der Waals surface area (Å²) in [6, 6.07) is 0. The summed E-state index contributed by atoms with van der Waals surface area (Å²) in [6.07, 6.45) is 3.90. The second kappa shape index (κ2) is 5.74. The Morgan fingerprint density at radius 2 is 2.25 bits per heavy atom. The minimum absolute atomic E-state index is 0.0401. The van der Waals surface area contributed by atoms with E-state index in [1.807, 2.05) is 5.38 Å². The molecule has 3 atom stereocenters. The fourth-order valence-electron chi connectivity index (χ4n) is 3.32. The van der Waals surface area contributed by atoms with Crippen molar-refractivity contribution in [1.82, 2.24) is 4.98 Å². The van der Waals surface area contributed by atoms with Crippen LogP contribution in [-0.2, 0) is 5.41 Å². The van der Waals surface area contributed by atoms with Gasteiger partial charge in [0.1, 0.15) is 6.10 Å². The van der Waals surface area contributed by atoms with E-state index in [-0.39, 0.29) is 10.8 Å². The molecule has 1 aromatic heterocycles. The predicted octanol–water partition coefficient (Wildman–Crippen LogP) is 3.63. The summed E-state index contributed by atoms with van der Waals surface area (Å²) in [7, 11) is 0. The van der Waals surface area contributed by atoms with Crippen molar-refractivity contribution in [2.45, 2.75) is 64.9 Å². The van der Waals surface area contributed by atoms with Crippen molar-refractivity contribution in [1.29, 1.82) is 0 Å². The van der Waals surface area contributed by atoms with Crippen LogP contribution in [0.25, 0.3) is 0 Å². The molecule has 1 fully saturated rings. The number of aliphatic hydroxyl groups is 1. The summed E-state index contributed by atoms with van der Waals surface area (Å²) < 4.78 is 0. The zero-order chi connectivity index (χ0) is 15.0. The molecule has 4 heteroatoms.